The molecule has 2 N–H and O–H groups in total. The Morgan fingerprint density at radius 2 is 1.85 bits per heavy atom. The lowest BCUT2D eigenvalue weighted by molar-refractivity contribution is 0.601. The van der Waals surface area contributed by atoms with Crippen molar-refractivity contribution in [2.24, 2.45) is 0 Å². The van der Waals surface area contributed by atoms with Crippen molar-refractivity contribution in [1.82, 2.24) is 19.9 Å². The van der Waals surface area contributed by atoms with Crippen molar-refractivity contribution in [2.75, 3.05) is 4.72 Å². The highest BCUT2D eigenvalue weighted by atomic mass is 35.5. The summed E-state index contributed by atoms with van der Waals surface area (Å²) in [5.74, 6) is 0. The Kier molecular flexibility index (Phi) is 4.06. The molecule has 0 amide bonds. The van der Waals surface area contributed by atoms with Crippen molar-refractivity contribution < 1.29 is 8.42 Å². The molecule has 0 bridgehead atoms. The van der Waals surface area contributed by atoms with Crippen molar-refractivity contribution in [1.29, 1.82) is 0 Å². The number of pyridine rings is 1. The molecule has 26 heavy (non-hydrogen) atoms. The van der Waals surface area contributed by atoms with E-state index in [1.807, 2.05) is 0 Å². The monoisotopic (exact) mass is 385 g/mol. The van der Waals surface area contributed by atoms with Crippen LogP contribution in [-0.4, -0.2) is 28.4 Å². The van der Waals surface area contributed by atoms with Crippen LogP contribution in [0.25, 0.3) is 22.4 Å². The van der Waals surface area contributed by atoms with E-state index in [9.17, 15) is 8.42 Å². The van der Waals surface area contributed by atoms with Crippen LogP contribution in [0.3, 0.4) is 0 Å². The smallest absolute Gasteiger partial charge is 0.261 e. The number of fused-ring (bicyclic) bond motifs is 1. The van der Waals surface area contributed by atoms with Crippen molar-refractivity contribution in [2.45, 2.75) is 4.90 Å². The first-order chi connectivity index (χ1) is 12.5. The second-order valence-electron chi connectivity index (χ2n) is 5.45. The van der Waals surface area contributed by atoms with E-state index in [0.29, 0.717) is 22.4 Å². The van der Waals surface area contributed by atoms with E-state index in [4.69, 9.17) is 11.6 Å². The van der Waals surface area contributed by atoms with Gasteiger partial charge in [0.25, 0.3) is 10.0 Å². The van der Waals surface area contributed by atoms with Gasteiger partial charge in [-0.3, -0.25) is 4.72 Å². The molecule has 0 radical (unpaired) electrons. The average Bonchev–Trinajstić information content (AvgIpc) is 3.12. The van der Waals surface area contributed by atoms with Gasteiger partial charge in [0, 0.05) is 18.0 Å². The van der Waals surface area contributed by atoms with E-state index in [2.05, 4.69) is 24.7 Å². The van der Waals surface area contributed by atoms with Gasteiger partial charge in [0.05, 0.1) is 22.5 Å². The Morgan fingerprint density at radius 3 is 2.65 bits per heavy atom. The van der Waals surface area contributed by atoms with Crippen LogP contribution in [0.1, 0.15) is 0 Å². The first kappa shape index (κ1) is 16.5. The Hall–Kier alpha value is -2.97. The molecule has 9 heteroatoms. The minimum atomic E-state index is -3.78. The fourth-order valence-corrected chi connectivity index (χ4v) is 3.72. The molecule has 4 rings (SSSR count). The molecule has 0 atom stereocenters. The second-order valence-corrected chi connectivity index (χ2v) is 7.49. The van der Waals surface area contributed by atoms with Crippen molar-refractivity contribution >= 4 is 38.5 Å². The first-order valence-electron chi connectivity index (χ1n) is 7.57. The Bertz CT molecular complexity index is 1190. The zero-order valence-electron chi connectivity index (χ0n) is 13.2. The summed E-state index contributed by atoms with van der Waals surface area (Å²) in [4.78, 5) is 15.9. The molecule has 4 aromatic rings. The van der Waals surface area contributed by atoms with Gasteiger partial charge in [-0.15, -0.1) is 0 Å². The lowest BCUT2D eigenvalue weighted by Gasteiger charge is -2.10. The number of nitrogens with one attached hydrogen (secondary N) is 2. The number of hydrogen-bond acceptors (Lipinski definition) is 5. The highest BCUT2D eigenvalue weighted by Crippen LogP contribution is 2.28. The topological polar surface area (TPSA) is 101 Å². The lowest BCUT2D eigenvalue weighted by Crippen LogP contribution is -2.13. The molecule has 130 valence electrons. The third-order valence-corrected chi connectivity index (χ3v) is 5.38. The Morgan fingerprint density at radius 1 is 1.04 bits per heavy atom. The van der Waals surface area contributed by atoms with Crippen molar-refractivity contribution in [3.8, 4) is 11.3 Å². The minimum absolute atomic E-state index is 0.0453. The number of benzene rings is 1. The number of nitrogens with zero attached hydrogens (tertiary/aromatic N) is 3. The number of hydrogen-bond donors (Lipinski definition) is 2. The average molecular weight is 386 g/mol. The fraction of sp³-hybridized carbons (Fsp3) is 0. The summed E-state index contributed by atoms with van der Waals surface area (Å²) in [7, 11) is -3.78. The summed E-state index contributed by atoms with van der Waals surface area (Å²) in [6.45, 7) is 0. The predicted molar refractivity (Wildman–Crippen MR) is 99.4 cm³/mol. The summed E-state index contributed by atoms with van der Waals surface area (Å²) >= 11 is 6.08. The van der Waals surface area contributed by atoms with E-state index in [1.165, 1.54) is 18.3 Å². The zero-order chi connectivity index (χ0) is 18.1. The molecule has 0 fully saturated rings. The molecule has 0 saturated heterocycles. The first-order valence-corrected chi connectivity index (χ1v) is 9.43. The van der Waals surface area contributed by atoms with Gasteiger partial charge in [0.15, 0.2) is 10.8 Å². The minimum Gasteiger partial charge on any atom is -0.345 e. The SMILES string of the molecule is O=S(=O)(Nc1cc(-c2cnc3[nH]ccc3n2)cnc1Cl)c1ccccc1. The van der Waals surface area contributed by atoms with Crippen LogP contribution in [0.15, 0.2) is 66.0 Å². The summed E-state index contributed by atoms with van der Waals surface area (Å²) < 4.78 is 27.5. The maximum Gasteiger partial charge on any atom is 0.261 e. The number of rotatable bonds is 4. The zero-order valence-corrected chi connectivity index (χ0v) is 14.8. The van der Waals surface area contributed by atoms with Gasteiger partial charge in [-0.2, -0.15) is 0 Å². The Balaban J connectivity index is 1.72. The third kappa shape index (κ3) is 3.12. The lowest BCUT2D eigenvalue weighted by atomic mass is 10.2. The molecule has 0 aliphatic heterocycles. The highest BCUT2D eigenvalue weighted by molar-refractivity contribution is 7.92. The number of halogens is 1. The number of H-pyrrole nitrogens is 1. The van der Waals surface area contributed by atoms with Crippen molar-refractivity contribution in [3.63, 3.8) is 0 Å². The van der Waals surface area contributed by atoms with E-state index in [0.717, 1.165) is 0 Å². The van der Waals surface area contributed by atoms with Gasteiger partial charge >= 0.3 is 0 Å². The predicted octanol–water partition coefficient (Wildman–Crippen LogP) is 3.47. The summed E-state index contributed by atoms with van der Waals surface area (Å²) in [6, 6.07) is 11.4. The molecule has 0 spiro atoms. The van der Waals surface area contributed by atoms with Crippen molar-refractivity contribution in [3.05, 3.63) is 66.2 Å². The number of aromatic nitrogens is 4. The summed E-state index contributed by atoms with van der Waals surface area (Å²) in [5.41, 5.74) is 2.69. The van der Waals surface area contributed by atoms with Crippen LogP contribution in [-0.2, 0) is 10.0 Å². The maximum absolute atomic E-state index is 12.5. The maximum atomic E-state index is 12.5. The third-order valence-electron chi connectivity index (χ3n) is 3.69. The normalized spacial score (nSPS) is 11.6. The fourth-order valence-electron chi connectivity index (χ4n) is 2.43. The van der Waals surface area contributed by atoms with Gasteiger partial charge in [-0.1, -0.05) is 29.8 Å². The van der Waals surface area contributed by atoms with E-state index in [1.54, 1.807) is 42.7 Å². The van der Waals surface area contributed by atoms with E-state index < -0.39 is 10.0 Å². The quantitative estimate of drug-likeness (QED) is 0.524. The van der Waals surface area contributed by atoms with Gasteiger partial charge in [0.2, 0.25) is 0 Å². The van der Waals surface area contributed by atoms with E-state index in [-0.39, 0.29) is 15.7 Å². The summed E-state index contributed by atoms with van der Waals surface area (Å²) in [6.07, 6.45) is 4.85. The Labute approximate surface area is 154 Å². The van der Waals surface area contributed by atoms with Crippen LogP contribution < -0.4 is 4.72 Å². The molecule has 0 saturated carbocycles. The van der Waals surface area contributed by atoms with Crippen LogP contribution in [0.5, 0.6) is 0 Å². The highest BCUT2D eigenvalue weighted by Gasteiger charge is 2.17. The molecular weight excluding hydrogens is 374 g/mol. The standard InChI is InChI=1S/C17H12ClN5O2S/c18-16-14(23-26(24,25)12-4-2-1-3-5-12)8-11(9-20-16)15-10-21-17-13(22-15)6-7-19-17/h1-10,23H,(H,19,21). The molecule has 0 unspecified atom stereocenters. The molecule has 0 aliphatic rings. The second kappa shape index (κ2) is 6.40. The molecule has 3 aromatic heterocycles. The molecule has 0 aliphatic carbocycles. The van der Waals surface area contributed by atoms with Gasteiger partial charge < -0.3 is 4.98 Å². The van der Waals surface area contributed by atoms with E-state index >= 15 is 0 Å². The van der Waals surface area contributed by atoms with Crippen LogP contribution in [0.4, 0.5) is 5.69 Å². The van der Waals surface area contributed by atoms with Gasteiger partial charge in [0.1, 0.15) is 5.52 Å². The molecule has 3 heterocycles. The van der Waals surface area contributed by atoms with Crippen LogP contribution in [0, 0.1) is 0 Å². The molecular formula is C17H12ClN5O2S. The summed E-state index contributed by atoms with van der Waals surface area (Å²) in [5, 5.41) is 0.0453. The molecule has 1 aromatic carbocycles. The number of anilines is 1. The number of aromatic amines is 1. The van der Waals surface area contributed by atoms with Crippen LogP contribution in [0.2, 0.25) is 5.15 Å². The number of sulfonamides is 1. The van der Waals surface area contributed by atoms with Gasteiger partial charge in [-0.05, 0) is 24.3 Å². The van der Waals surface area contributed by atoms with Crippen LogP contribution >= 0.6 is 11.6 Å². The van der Waals surface area contributed by atoms with Gasteiger partial charge in [-0.25, -0.2) is 23.4 Å². The largest absolute Gasteiger partial charge is 0.345 e. The molecule has 7 nitrogen and oxygen atoms in total.